The van der Waals surface area contributed by atoms with Crippen LogP contribution < -0.4 is 5.32 Å². The van der Waals surface area contributed by atoms with Gasteiger partial charge in [-0.3, -0.25) is 4.79 Å². The van der Waals surface area contributed by atoms with E-state index in [-0.39, 0.29) is 12.0 Å². The van der Waals surface area contributed by atoms with E-state index in [1.165, 1.54) is 4.31 Å². The number of rotatable bonds is 4. The lowest BCUT2D eigenvalue weighted by Gasteiger charge is -2.32. The van der Waals surface area contributed by atoms with Crippen molar-refractivity contribution in [1.29, 1.82) is 0 Å². The normalized spacial score (nSPS) is 22.5. The number of anilines is 1. The van der Waals surface area contributed by atoms with E-state index in [1.54, 1.807) is 18.2 Å². The molecule has 0 unspecified atom stereocenters. The zero-order valence-electron chi connectivity index (χ0n) is 13.2. The Kier molecular flexibility index (Phi) is 4.70. The molecule has 0 bridgehead atoms. The number of amides is 1. The summed E-state index contributed by atoms with van der Waals surface area (Å²) in [5.74, 6) is -0.0244. The third-order valence-electron chi connectivity index (χ3n) is 4.35. The molecule has 7 heteroatoms. The molecule has 6 nitrogen and oxygen atoms in total. The van der Waals surface area contributed by atoms with Crippen LogP contribution in [0.1, 0.15) is 31.7 Å². The van der Waals surface area contributed by atoms with Crippen LogP contribution in [0.2, 0.25) is 0 Å². The number of carbonyl (C=O) groups is 1. The predicted molar refractivity (Wildman–Crippen MR) is 86.8 cm³/mol. The highest BCUT2D eigenvalue weighted by Gasteiger charge is 2.31. The van der Waals surface area contributed by atoms with Gasteiger partial charge in [0.25, 0.3) is 0 Å². The van der Waals surface area contributed by atoms with E-state index in [0.717, 1.165) is 18.4 Å². The van der Waals surface area contributed by atoms with Gasteiger partial charge in [-0.25, -0.2) is 8.42 Å². The number of ether oxygens (including phenoxy) is 1. The molecular formula is C16H22N2O4S. The molecule has 1 fully saturated rings. The smallest absolute Gasteiger partial charge is 0.243 e. The number of piperidine rings is 1. The van der Waals surface area contributed by atoms with Gasteiger partial charge in [0.1, 0.15) is 0 Å². The number of benzene rings is 1. The highest BCUT2D eigenvalue weighted by Crippen LogP contribution is 2.28. The van der Waals surface area contributed by atoms with Crippen molar-refractivity contribution in [1.82, 2.24) is 4.31 Å². The number of nitrogens with zero attached hydrogens (tertiary/aromatic N) is 1. The monoisotopic (exact) mass is 338 g/mol. The van der Waals surface area contributed by atoms with Gasteiger partial charge in [0, 0.05) is 31.8 Å². The molecule has 2 aliphatic rings. The molecular weight excluding hydrogens is 316 g/mol. The SMILES string of the molecule is CCO[C@H]1CCCN(S(=O)(=O)c2ccc3c(c2)CCC(=O)N3)C1. The maximum atomic E-state index is 12.9. The molecule has 0 aromatic heterocycles. The first kappa shape index (κ1) is 16.4. The average molecular weight is 338 g/mol. The fraction of sp³-hybridized carbons (Fsp3) is 0.562. The Labute approximate surface area is 136 Å². The van der Waals surface area contributed by atoms with Crippen LogP contribution in [0.3, 0.4) is 0 Å². The Morgan fingerprint density at radius 1 is 1.35 bits per heavy atom. The van der Waals surface area contributed by atoms with Crippen LogP contribution in [0.4, 0.5) is 5.69 Å². The number of fused-ring (bicyclic) bond motifs is 1. The molecule has 0 radical (unpaired) electrons. The maximum absolute atomic E-state index is 12.9. The van der Waals surface area contributed by atoms with Crippen molar-refractivity contribution in [2.45, 2.75) is 43.6 Å². The van der Waals surface area contributed by atoms with Crippen LogP contribution in [-0.4, -0.2) is 44.4 Å². The summed E-state index contributed by atoms with van der Waals surface area (Å²) in [7, 11) is -3.52. The van der Waals surface area contributed by atoms with Crippen molar-refractivity contribution in [3.63, 3.8) is 0 Å². The molecule has 1 N–H and O–H groups in total. The molecule has 126 valence electrons. The van der Waals surface area contributed by atoms with Gasteiger partial charge >= 0.3 is 0 Å². The van der Waals surface area contributed by atoms with Crippen LogP contribution in [0.5, 0.6) is 0 Å². The first-order valence-corrected chi connectivity index (χ1v) is 9.49. The van der Waals surface area contributed by atoms with Crippen LogP contribution >= 0.6 is 0 Å². The van der Waals surface area contributed by atoms with Gasteiger partial charge in [0.05, 0.1) is 11.0 Å². The number of sulfonamides is 1. The summed E-state index contributed by atoms with van der Waals surface area (Å²) >= 11 is 0. The van der Waals surface area contributed by atoms with Crippen LogP contribution in [0.15, 0.2) is 23.1 Å². The standard InChI is InChI=1S/C16H22N2O4S/c1-2-22-13-4-3-9-18(11-13)23(20,21)14-6-7-15-12(10-14)5-8-16(19)17-15/h6-7,10,13H,2-5,8-9,11H2,1H3,(H,17,19)/t13-/m0/s1. The zero-order valence-corrected chi connectivity index (χ0v) is 14.1. The molecule has 3 rings (SSSR count). The van der Waals surface area contributed by atoms with Gasteiger partial charge in [-0.1, -0.05) is 0 Å². The Morgan fingerprint density at radius 2 is 2.17 bits per heavy atom. The van der Waals surface area contributed by atoms with Gasteiger partial charge in [-0.15, -0.1) is 0 Å². The van der Waals surface area contributed by atoms with Crippen molar-refractivity contribution in [2.75, 3.05) is 25.0 Å². The summed E-state index contributed by atoms with van der Waals surface area (Å²) in [6, 6.07) is 4.95. The second-order valence-electron chi connectivity index (χ2n) is 5.95. The molecule has 1 saturated heterocycles. The lowest BCUT2D eigenvalue weighted by Crippen LogP contribution is -2.43. The number of hydrogen-bond acceptors (Lipinski definition) is 4. The summed E-state index contributed by atoms with van der Waals surface area (Å²) in [5, 5.41) is 2.77. The van der Waals surface area contributed by atoms with Crippen molar-refractivity contribution < 1.29 is 17.9 Å². The van der Waals surface area contributed by atoms with Gasteiger partial charge < -0.3 is 10.1 Å². The topological polar surface area (TPSA) is 75.7 Å². The van der Waals surface area contributed by atoms with Gasteiger partial charge in [-0.05, 0) is 49.9 Å². The number of aryl methyl sites for hydroxylation is 1. The third-order valence-corrected chi connectivity index (χ3v) is 6.21. The quantitative estimate of drug-likeness (QED) is 0.908. The van der Waals surface area contributed by atoms with Crippen molar-refractivity contribution in [3.05, 3.63) is 23.8 Å². The number of nitrogens with one attached hydrogen (secondary N) is 1. The van der Waals surface area contributed by atoms with E-state index in [1.807, 2.05) is 6.92 Å². The highest BCUT2D eigenvalue weighted by atomic mass is 32.2. The lowest BCUT2D eigenvalue weighted by atomic mass is 10.0. The van der Waals surface area contributed by atoms with Crippen LogP contribution in [-0.2, 0) is 26.0 Å². The molecule has 2 heterocycles. The summed E-state index contributed by atoms with van der Waals surface area (Å²) in [5.41, 5.74) is 1.59. The van der Waals surface area contributed by atoms with Gasteiger partial charge in [-0.2, -0.15) is 4.31 Å². The summed E-state index contributed by atoms with van der Waals surface area (Å²) in [4.78, 5) is 11.7. The van der Waals surface area contributed by atoms with E-state index in [9.17, 15) is 13.2 Å². The second-order valence-corrected chi connectivity index (χ2v) is 7.89. The zero-order chi connectivity index (χ0) is 16.4. The minimum atomic E-state index is -3.52. The van der Waals surface area contributed by atoms with E-state index in [2.05, 4.69) is 5.32 Å². The first-order chi connectivity index (χ1) is 11.0. The minimum Gasteiger partial charge on any atom is -0.377 e. The Balaban J connectivity index is 1.83. The summed E-state index contributed by atoms with van der Waals surface area (Å²) in [6.45, 7) is 3.45. The summed E-state index contributed by atoms with van der Waals surface area (Å²) < 4.78 is 32.8. The highest BCUT2D eigenvalue weighted by molar-refractivity contribution is 7.89. The van der Waals surface area contributed by atoms with Crippen LogP contribution in [0, 0.1) is 0 Å². The Bertz CT molecular complexity index is 700. The maximum Gasteiger partial charge on any atom is 0.243 e. The fourth-order valence-corrected chi connectivity index (χ4v) is 4.73. The molecule has 0 saturated carbocycles. The summed E-state index contributed by atoms with van der Waals surface area (Å²) in [6.07, 6.45) is 2.65. The van der Waals surface area contributed by atoms with E-state index in [4.69, 9.17) is 4.74 Å². The molecule has 0 spiro atoms. The molecule has 23 heavy (non-hydrogen) atoms. The molecule has 0 aliphatic carbocycles. The molecule has 1 aromatic carbocycles. The molecule has 1 atom stereocenters. The van der Waals surface area contributed by atoms with Crippen LogP contribution in [0.25, 0.3) is 0 Å². The number of hydrogen-bond donors (Lipinski definition) is 1. The largest absolute Gasteiger partial charge is 0.377 e. The molecule has 1 aromatic rings. The van der Waals surface area contributed by atoms with Crippen molar-refractivity contribution in [2.24, 2.45) is 0 Å². The van der Waals surface area contributed by atoms with E-state index >= 15 is 0 Å². The Morgan fingerprint density at radius 3 is 2.96 bits per heavy atom. The fourth-order valence-electron chi connectivity index (χ4n) is 3.16. The van der Waals surface area contributed by atoms with Crippen molar-refractivity contribution >= 4 is 21.6 Å². The lowest BCUT2D eigenvalue weighted by molar-refractivity contribution is -0.116. The molecule has 1 amide bonds. The van der Waals surface area contributed by atoms with Gasteiger partial charge in [0.15, 0.2) is 0 Å². The van der Waals surface area contributed by atoms with E-state index < -0.39 is 10.0 Å². The number of carbonyl (C=O) groups excluding carboxylic acids is 1. The third kappa shape index (κ3) is 3.41. The van der Waals surface area contributed by atoms with E-state index in [0.29, 0.717) is 43.1 Å². The van der Waals surface area contributed by atoms with Crippen molar-refractivity contribution in [3.8, 4) is 0 Å². The Hall–Kier alpha value is -1.44. The average Bonchev–Trinajstić information content (AvgIpc) is 2.55. The first-order valence-electron chi connectivity index (χ1n) is 8.05. The molecule has 2 aliphatic heterocycles. The predicted octanol–water partition coefficient (Wildman–Crippen LogP) is 1.76. The minimum absolute atomic E-state index is 0.0244. The van der Waals surface area contributed by atoms with Gasteiger partial charge in [0.2, 0.25) is 15.9 Å². The second kappa shape index (κ2) is 6.59.